The van der Waals surface area contributed by atoms with Crippen LogP contribution < -0.4 is 9.62 Å². The van der Waals surface area contributed by atoms with E-state index in [9.17, 15) is 23.1 Å². The van der Waals surface area contributed by atoms with Gasteiger partial charge in [0.1, 0.15) is 0 Å². The summed E-state index contributed by atoms with van der Waals surface area (Å²) in [6.07, 6.45) is 1.28. The number of hydrogen-bond donors (Lipinski definition) is 2. The minimum Gasteiger partial charge on any atom is -0.478 e. The third-order valence-corrected chi connectivity index (χ3v) is 5.64. The maximum absolute atomic E-state index is 12.6. The van der Waals surface area contributed by atoms with Crippen molar-refractivity contribution >= 4 is 33.3 Å². The summed E-state index contributed by atoms with van der Waals surface area (Å²) in [6.45, 7) is 2.25. The van der Waals surface area contributed by atoms with E-state index in [0.717, 1.165) is 6.42 Å². The van der Waals surface area contributed by atoms with Crippen LogP contribution in [0, 0.1) is 6.92 Å². The van der Waals surface area contributed by atoms with Crippen molar-refractivity contribution in [1.29, 1.82) is 0 Å². The first-order chi connectivity index (χ1) is 12.3. The van der Waals surface area contributed by atoms with Gasteiger partial charge in [-0.1, -0.05) is 12.1 Å². The van der Waals surface area contributed by atoms with Gasteiger partial charge in [0, 0.05) is 18.7 Å². The summed E-state index contributed by atoms with van der Waals surface area (Å²) in [7, 11) is -3.96. The van der Waals surface area contributed by atoms with Crippen LogP contribution in [0.5, 0.6) is 0 Å². The van der Waals surface area contributed by atoms with Crippen LogP contribution in [0.1, 0.15) is 28.8 Å². The normalized spacial score (nSPS) is 14.5. The van der Waals surface area contributed by atoms with Crippen LogP contribution >= 0.6 is 0 Å². The Labute approximate surface area is 151 Å². The molecule has 1 heterocycles. The van der Waals surface area contributed by atoms with Crippen LogP contribution in [-0.4, -0.2) is 31.9 Å². The van der Waals surface area contributed by atoms with E-state index in [2.05, 4.69) is 4.72 Å². The number of para-hydroxylation sites is 1. The summed E-state index contributed by atoms with van der Waals surface area (Å²) in [5.74, 6) is -1.20. The van der Waals surface area contributed by atoms with Crippen molar-refractivity contribution < 1.29 is 23.1 Å². The van der Waals surface area contributed by atoms with Crippen LogP contribution in [0.25, 0.3) is 0 Å². The number of aryl methyl sites for hydroxylation is 1. The van der Waals surface area contributed by atoms with Gasteiger partial charge in [0.2, 0.25) is 5.91 Å². The second-order valence-corrected chi connectivity index (χ2v) is 7.73. The number of benzene rings is 2. The largest absolute Gasteiger partial charge is 0.478 e. The first-order valence-electron chi connectivity index (χ1n) is 8.06. The number of carboxylic acids is 1. The van der Waals surface area contributed by atoms with Gasteiger partial charge in [-0.25, -0.2) is 13.2 Å². The Kier molecular flexibility index (Phi) is 4.69. The topological polar surface area (TPSA) is 104 Å². The van der Waals surface area contributed by atoms with Gasteiger partial charge in [0.25, 0.3) is 10.0 Å². The van der Waals surface area contributed by atoms with Gasteiger partial charge in [-0.05, 0) is 49.2 Å². The van der Waals surface area contributed by atoms with Crippen molar-refractivity contribution in [2.24, 2.45) is 0 Å². The highest BCUT2D eigenvalue weighted by Gasteiger charge is 2.23. The molecule has 1 amide bonds. The summed E-state index contributed by atoms with van der Waals surface area (Å²) >= 11 is 0. The van der Waals surface area contributed by atoms with E-state index < -0.39 is 16.0 Å². The smallest absolute Gasteiger partial charge is 0.337 e. The third-order valence-electron chi connectivity index (χ3n) is 4.27. The number of hydrogen-bond acceptors (Lipinski definition) is 4. The Balaban J connectivity index is 1.90. The molecule has 1 aliphatic rings. The molecule has 0 saturated carbocycles. The van der Waals surface area contributed by atoms with E-state index in [0.29, 0.717) is 24.2 Å². The molecule has 0 aliphatic carbocycles. The van der Waals surface area contributed by atoms with Gasteiger partial charge >= 0.3 is 5.97 Å². The van der Waals surface area contributed by atoms with E-state index in [1.165, 1.54) is 18.2 Å². The molecule has 3 rings (SSSR count). The SMILES string of the molecule is Cc1cccc(C(=O)O)c1NS(=O)(=O)c1ccc(N2CCCC2=O)cc1. The summed E-state index contributed by atoms with van der Waals surface area (Å²) in [6, 6.07) is 10.5. The molecular weight excluding hydrogens is 356 g/mol. The summed E-state index contributed by atoms with van der Waals surface area (Å²) in [5, 5.41) is 9.27. The lowest BCUT2D eigenvalue weighted by molar-refractivity contribution is -0.117. The lowest BCUT2D eigenvalue weighted by Gasteiger charge is -2.17. The molecule has 136 valence electrons. The van der Waals surface area contributed by atoms with Gasteiger partial charge in [-0.3, -0.25) is 9.52 Å². The molecule has 2 N–H and O–H groups in total. The Bertz CT molecular complexity index is 968. The van der Waals surface area contributed by atoms with Gasteiger partial charge in [0.15, 0.2) is 0 Å². The fraction of sp³-hybridized carbons (Fsp3) is 0.222. The highest BCUT2D eigenvalue weighted by Crippen LogP contribution is 2.26. The lowest BCUT2D eigenvalue weighted by Crippen LogP contribution is -2.23. The molecule has 0 bridgehead atoms. The maximum Gasteiger partial charge on any atom is 0.337 e. The van der Waals surface area contributed by atoms with Crippen molar-refractivity contribution in [3.05, 3.63) is 53.6 Å². The van der Waals surface area contributed by atoms with E-state index >= 15 is 0 Å². The maximum atomic E-state index is 12.6. The van der Waals surface area contributed by atoms with Crippen molar-refractivity contribution in [2.75, 3.05) is 16.2 Å². The predicted molar refractivity (Wildman–Crippen MR) is 97.0 cm³/mol. The fourth-order valence-electron chi connectivity index (χ4n) is 2.90. The molecule has 0 radical (unpaired) electrons. The number of carbonyl (C=O) groups is 2. The quantitative estimate of drug-likeness (QED) is 0.837. The molecule has 1 saturated heterocycles. The summed E-state index contributed by atoms with van der Waals surface area (Å²) < 4.78 is 27.6. The summed E-state index contributed by atoms with van der Waals surface area (Å²) in [5.41, 5.74) is 1.08. The Morgan fingerprint density at radius 3 is 2.42 bits per heavy atom. The molecule has 2 aromatic rings. The highest BCUT2D eigenvalue weighted by molar-refractivity contribution is 7.92. The molecule has 1 fully saturated rings. The number of sulfonamides is 1. The molecular formula is C18H18N2O5S. The van der Waals surface area contributed by atoms with E-state index in [-0.39, 0.29) is 22.1 Å². The van der Waals surface area contributed by atoms with Crippen molar-refractivity contribution in [1.82, 2.24) is 0 Å². The third kappa shape index (κ3) is 3.41. The molecule has 2 aromatic carbocycles. The monoisotopic (exact) mass is 374 g/mol. The number of amides is 1. The van der Waals surface area contributed by atoms with Gasteiger partial charge in [0.05, 0.1) is 16.1 Å². The Hall–Kier alpha value is -2.87. The minimum absolute atomic E-state index is 0.00696. The number of rotatable bonds is 5. The standard InChI is InChI=1S/C18H18N2O5S/c1-12-4-2-5-15(18(22)23)17(12)19-26(24,25)14-9-7-13(8-10-14)20-11-3-6-16(20)21/h2,4-5,7-10,19H,3,6,11H2,1H3,(H,22,23). The molecule has 1 aliphatic heterocycles. The van der Waals surface area contributed by atoms with Crippen molar-refractivity contribution in [2.45, 2.75) is 24.7 Å². The van der Waals surface area contributed by atoms with Crippen LogP contribution in [0.15, 0.2) is 47.4 Å². The zero-order valence-corrected chi connectivity index (χ0v) is 14.9. The van der Waals surface area contributed by atoms with Gasteiger partial charge in [-0.15, -0.1) is 0 Å². The molecule has 8 heteroatoms. The average molecular weight is 374 g/mol. The molecule has 26 heavy (non-hydrogen) atoms. The lowest BCUT2D eigenvalue weighted by atomic mass is 10.1. The van der Waals surface area contributed by atoms with Crippen LogP contribution in [0.2, 0.25) is 0 Å². The number of carboxylic acid groups (broad SMARTS) is 1. The number of carbonyl (C=O) groups excluding carboxylic acids is 1. The van der Waals surface area contributed by atoms with E-state index in [4.69, 9.17) is 0 Å². The zero-order chi connectivity index (χ0) is 18.9. The first-order valence-corrected chi connectivity index (χ1v) is 9.54. The van der Waals surface area contributed by atoms with E-state index in [1.807, 2.05) is 0 Å². The van der Waals surface area contributed by atoms with Gasteiger partial charge in [-0.2, -0.15) is 0 Å². The van der Waals surface area contributed by atoms with Crippen LogP contribution in [-0.2, 0) is 14.8 Å². The number of aromatic carboxylic acids is 1. The summed E-state index contributed by atoms with van der Waals surface area (Å²) in [4.78, 5) is 24.7. The van der Waals surface area contributed by atoms with Crippen LogP contribution in [0.3, 0.4) is 0 Å². The van der Waals surface area contributed by atoms with Crippen molar-refractivity contribution in [3.63, 3.8) is 0 Å². The number of nitrogens with zero attached hydrogens (tertiary/aromatic N) is 1. The molecule has 0 unspecified atom stereocenters. The average Bonchev–Trinajstić information content (AvgIpc) is 3.02. The zero-order valence-electron chi connectivity index (χ0n) is 14.1. The Morgan fingerprint density at radius 1 is 1.15 bits per heavy atom. The molecule has 0 aromatic heterocycles. The van der Waals surface area contributed by atoms with Gasteiger partial charge < -0.3 is 10.0 Å². The second kappa shape index (κ2) is 6.80. The second-order valence-electron chi connectivity index (χ2n) is 6.05. The predicted octanol–water partition coefficient (Wildman–Crippen LogP) is 2.62. The molecule has 7 nitrogen and oxygen atoms in total. The Morgan fingerprint density at radius 2 is 1.85 bits per heavy atom. The number of nitrogens with one attached hydrogen (secondary N) is 1. The highest BCUT2D eigenvalue weighted by atomic mass is 32.2. The minimum atomic E-state index is -3.96. The molecule has 0 spiro atoms. The number of anilines is 2. The van der Waals surface area contributed by atoms with Crippen LogP contribution in [0.4, 0.5) is 11.4 Å². The molecule has 0 atom stereocenters. The fourth-order valence-corrected chi connectivity index (χ4v) is 4.05. The first kappa shape index (κ1) is 17.9. The van der Waals surface area contributed by atoms with Crippen molar-refractivity contribution in [3.8, 4) is 0 Å². The van der Waals surface area contributed by atoms with E-state index in [1.54, 1.807) is 36.1 Å².